The van der Waals surface area contributed by atoms with Crippen molar-refractivity contribution in [3.05, 3.63) is 58.6 Å². The van der Waals surface area contributed by atoms with Crippen molar-refractivity contribution in [2.45, 2.75) is 13.0 Å². The zero-order valence-electron chi connectivity index (χ0n) is 12.1. The lowest BCUT2D eigenvalue weighted by Crippen LogP contribution is -2.25. The molecule has 4 nitrogen and oxygen atoms in total. The lowest BCUT2D eigenvalue weighted by atomic mass is 10.1. The van der Waals surface area contributed by atoms with Crippen molar-refractivity contribution in [2.75, 3.05) is 13.6 Å². The quantitative estimate of drug-likeness (QED) is 0.718. The summed E-state index contributed by atoms with van der Waals surface area (Å²) in [7, 11) is 2.06. The molecule has 0 N–H and O–H groups in total. The van der Waals surface area contributed by atoms with Gasteiger partial charge in [-0.15, -0.1) is 0 Å². The van der Waals surface area contributed by atoms with Gasteiger partial charge in [-0.1, -0.05) is 42.4 Å². The second-order valence-corrected chi connectivity index (χ2v) is 5.63. The van der Waals surface area contributed by atoms with Crippen LogP contribution in [-0.2, 0) is 0 Å². The maximum Gasteiger partial charge on any atom is 0.248 e. The molecular formula is C16H17N3OS. The van der Waals surface area contributed by atoms with Crippen LogP contribution in [0.5, 0.6) is 0 Å². The van der Waals surface area contributed by atoms with Gasteiger partial charge in [0.1, 0.15) is 6.04 Å². The van der Waals surface area contributed by atoms with Crippen LogP contribution in [0.4, 0.5) is 0 Å². The third-order valence-electron chi connectivity index (χ3n) is 3.51. The maximum atomic E-state index is 5.53. The monoisotopic (exact) mass is 299 g/mol. The second kappa shape index (κ2) is 6.20. The van der Waals surface area contributed by atoms with E-state index in [2.05, 4.69) is 41.1 Å². The molecule has 0 aliphatic rings. The van der Waals surface area contributed by atoms with E-state index in [1.54, 1.807) is 11.3 Å². The third-order valence-corrected chi connectivity index (χ3v) is 4.19. The molecule has 108 valence electrons. The Morgan fingerprint density at radius 1 is 1.24 bits per heavy atom. The number of benzene rings is 1. The predicted octanol–water partition coefficient (Wildman–Crippen LogP) is 3.84. The lowest BCUT2D eigenvalue weighted by molar-refractivity contribution is 0.234. The number of nitrogens with zero attached hydrogens (tertiary/aromatic N) is 3. The molecular weight excluding hydrogens is 282 g/mol. The van der Waals surface area contributed by atoms with Gasteiger partial charge in [-0.25, -0.2) is 0 Å². The molecule has 2 aromatic heterocycles. The molecule has 2 heterocycles. The van der Waals surface area contributed by atoms with Gasteiger partial charge in [0.15, 0.2) is 0 Å². The molecule has 0 radical (unpaired) electrons. The van der Waals surface area contributed by atoms with Gasteiger partial charge in [-0.3, -0.25) is 4.90 Å². The number of hydrogen-bond acceptors (Lipinski definition) is 5. The SMILES string of the molecule is CCN(C)C(c1ccccc1)c1nc(-c2ccsc2)no1. The molecule has 1 aromatic carbocycles. The van der Waals surface area contributed by atoms with Gasteiger partial charge in [-0.05, 0) is 30.6 Å². The molecule has 0 spiro atoms. The molecule has 0 bridgehead atoms. The van der Waals surface area contributed by atoms with Crippen LogP contribution in [-0.4, -0.2) is 28.6 Å². The Kier molecular flexibility index (Phi) is 4.13. The van der Waals surface area contributed by atoms with Gasteiger partial charge in [0.05, 0.1) is 0 Å². The third kappa shape index (κ3) is 2.89. The van der Waals surface area contributed by atoms with Gasteiger partial charge in [0.25, 0.3) is 0 Å². The Labute approximate surface area is 128 Å². The first-order chi connectivity index (χ1) is 10.3. The van der Waals surface area contributed by atoms with E-state index in [4.69, 9.17) is 4.52 Å². The van der Waals surface area contributed by atoms with Gasteiger partial charge in [-0.2, -0.15) is 16.3 Å². The number of aromatic nitrogens is 2. The summed E-state index contributed by atoms with van der Waals surface area (Å²) in [5.41, 5.74) is 2.16. The summed E-state index contributed by atoms with van der Waals surface area (Å²) in [5, 5.41) is 8.15. The highest BCUT2D eigenvalue weighted by atomic mass is 32.1. The number of rotatable bonds is 5. The fourth-order valence-corrected chi connectivity index (χ4v) is 2.89. The normalized spacial score (nSPS) is 12.7. The zero-order valence-corrected chi connectivity index (χ0v) is 12.9. The van der Waals surface area contributed by atoms with E-state index in [9.17, 15) is 0 Å². The van der Waals surface area contributed by atoms with Crippen molar-refractivity contribution in [3.8, 4) is 11.4 Å². The van der Waals surface area contributed by atoms with Crippen molar-refractivity contribution in [3.63, 3.8) is 0 Å². The lowest BCUT2D eigenvalue weighted by Gasteiger charge is -2.23. The van der Waals surface area contributed by atoms with Crippen molar-refractivity contribution in [1.82, 2.24) is 15.0 Å². The van der Waals surface area contributed by atoms with E-state index in [-0.39, 0.29) is 6.04 Å². The molecule has 1 unspecified atom stereocenters. The van der Waals surface area contributed by atoms with Gasteiger partial charge >= 0.3 is 0 Å². The average Bonchev–Trinajstić information content (AvgIpc) is 3.19. The minimum absolute atomic E-state index is 0.0175. The first-order valence-electron chi connectivity index (χ1n) is 6.91. The molecule has 5 heteroatoms. The van der Waals surface area contributed by atoms with Gasteiger partial charge in [0.2, 0.25) is 11.7 Å². The molecule has 3 aromatic rings. The molecule has 21 heavy (non-hydrogen) atoms. The van der Waals surface area contributed by atoms with Crippen molar-refractivity contribution >= 4 is 11.3 Å². The molecule has 0 aliphatic carbocycles. The van der Waals surface area contributed by atoms with Crippen LogP contribution < -0.4 is 0 Å². The van der Waals surface area contributed by atoms with Crippen LogP contribution in [0.2, 0.25) is 0 Å². The maximum absolute atomic E-state index is 5.53. The summed E-state index contributed by atoms with van der Waals surface area (Å²) in [4.78, 5) is 6.78. The van der Waals surface area contributed by atoms with Gasteiger partial charge < -0.3 is 4.52 Å². The topological polar surface area (TPSA) is 42.2 Å². The number of hydrogen-bond donors (Lipinski definition) is 0. The summed E-state index contributed by atoms with van der Waals surface area (Å²) < 4.78 is 5.53. The van der Waals surface area contributed by atoms with E-state index < -0.39 is 0 Å². The van der Waals surface area contributed by atoms with E-state index >= 15 is 0 Å². The molecule has 3 rings (SSSR count). The predicted molar refractivity (Wildman–Crippen MR) is 84.2 cm³/mol. The highest BCUT2D eigenvalue weighted by Gasteiger charge is 2.24. The summed E-state index contributed by atoms with van der Waals surface area (Å²) in [6, 6.07) is 12.2. The van der Waals surface area contributed by atoms with Gasteiger partial charge in [0, 0.05) is 10.9 Å². The molecule has 1 atom stereocenters. The second-order valence-electron chi connectivity index (χ2n) is 4.85. The van der Waals surface area contributed by atoms with Crippen LogP contribution in [0.15, 0.2) is 51.7 Å². The standard InChI is InChI=1S/C16H17N3OS/c1-3-19(2)14(12-7-5-4-6-8-12)16-17-15(18-20-16)13-9-10-21-11-13/h4-11,14H,3H2,1-2H3. The molecule has 0 saturated heterocycles. The van der Waals surface area contributed by atoms with Crippen LogP contribution in [0.3, 0.4) is 0 Å². The first kappa shape index (κ1) is 14.0. The Morgan fingerprint density at radius 2 is 2.05 bits per heavy atom. The van der Waals surface area contributed by atoms with Crippen molar-refractivity contribution in [1.29, 1.82) is 0 Å². The van der Waals surface area contributed by atoms with E-state index in [0.29, 0.717) is 11.7 Å². The van der Waals surface area contributed by atoms with Crippen LogP contribution >= 0.6 is 11.3 Å². The molecule has 0 aliphatic heterocycles. The van der Waals surface area contributed by atoms with E-state index in [1.807, 2.05) is 35.0 Å². The van der Waals surface area contributed by atoms with E-state index in [1.165, 1.54) is 0 Å². The fourth-order valence-electron chi connectivity index (χ4n) is 2.26. The number of thiophene rings is 1. The largest absolute Gasteiger partial charge is 0.337 e. The Hall–Kier alpha value is -1.98. The molecule has 0 fully saturated rings. The summed E-state index contributed by atoms with van der Waals surface area (Å²) in [5.74, 6) is 1.28. The van der Waals surface area contributed by atoms with Crippen LogP contribution in [0.25, 0.3) is 11.4 Å². The van der Waals surface area contributed by atoms with Crippen molar-refractivity contribution < 1.29 is 4.52 Å². The van der Waals surface area contributed by atoms with Crippen LogP contribution in [0.1, 0.15) is 24.4 Å². The Balaban J connectivity index is 1.98. The summed E-state index contributed by atoms with van der Waals surface area (Å²) in [6.07, 6.45) is 0. The van der Waals surface area contributed by atoms with Crippen LogP contribution in [0, 0.1) is 0 Å². The average molecular weight is 299 g/mol. The summed E-state index contributed by atoms with van der Waals surface area (Å²) >= 11 is 1.63. The molecule has 0 amide bonds. The summed E-state index contributed by atoms with van der Waals surface area (Å²) in [6.45, 7) is 3.02. The Bertz CT molecular complexity index is 679. The highest BCUT2D eigenvalue weighted by Crippen LogP contribution is 2.28. The minimum Gasteiger partial charge on any atom is -0.337 e. The van der Waals surface area contributed by atoms with E-state index in [0.717, 1.165) is 17.7 Å². The Morgan fingerprint density at radius 3 is 2.71 bits per heavy atom. The van der Waals surface area contributed by atoms with Crippen molar-refractivity contribution in [2.24, 2.45) is 0 Å². The highest BCUT2D eigenvalue weighted by molar-refractivity contribution is 7.08. The molecule has 0 saturated carbocycles. The fraction of sp³-hybridized carbons (Fsp3) is 0.250. The minimum atomic E-state index is -0.0175. The zero-order chi connectivity index (χ0) is 14.7. The first-order valence-corrected chi connectivity index (χ1v) is 7.85. The smallest absolute Gasteiger partial charge is 0.248 e.